The van der Waals surface area contributed by atoms with Crippen molar-refractivity contribution < 1.29 is 13.2 Å². The maximum Gasteiger partial charge on any atom is 0.230 e. The molecule has 0 saturated carbocycles. The first-order valence-corrected chi connectivity index (χ1v) is 11.2. The third kappa shape index (κ3) is 6.48. The van der Waals surface area contributed by atoms with Crippen molar-refractivity contribution >= 4 is 27.5 Å². The van der Waals surface area contributed by atoms with Gasteiger partial charge in [-0.1, -0.05) is 51.1 Å². The lowest BCUT2D eigenvalue weighted by Gasteiger charge is -2.27. The molecule has 1 heterocycles. The van der Waals surface area contributed by atoms with E-state index in [4.69, 9.17) is 0 Å². The van der Waals surface area contributed by atoms with Gasteiger partial charge in [-0.2, -0.15) is 0 Å². The lowest BCUT2D eigenvalue weighted by Crippen LogP contribution is -2.33. The third-order valence-electron chi connectivity index (χ3n) is 3.99. The first kappa shape index (κ1) is 19.3. The fourth-order valence-corrected chi connectivity index (χ4v) is 6.33. The monoisotopic (exact) mass is 369 g/mol. The van der Waals surface area contributed by atoms with E-state index in [0.29, 0.717) is 12.2 Å². The van der Waals surface area contributed by atoms with Crippen molar-refractivity contribution in [1.29, 1.82) is 0 Å². The van der Waals surface area contributed by atoms with Gasteiger partial charge in [-0.3, -0.25) is 4.79 Å². The number of hydrogen-bond acceptors (Lipinski definition) is 4. The van der Waals surface area contributed by atoms with Crippen molar-refractivity contribution in [2.75, 3.05) is 17.3 Å². The van der Waals surface area contributed by atoms with Gasteiger partial charge < -0.3 is 5.32 Å². The lowest BCUT2D eigenvalue weighted by atomic mass is 9.85. The second-order valence-electron chi connectivity index (χ2n) is 7.63. The SMILES string of the molecule is CC(C)(C)CC(NC(=O)CSC1CCS(=O)(=O)C1)c1ccccc1. The largest absolute Gasteiger partial charge is 0.349 e. The highest BCUT2D eigenvalue weighted by atomic mass is 32.2. The highest BCUT2D eigenvalue weighted by Gasteiger charge is 2.29. The van der Waals surface area contributed by atoms with E-state index in [1.165, 1.54) is 11.8 Å². The van der Waals surface area contributed by atoms with Crippen LogP contribution in [0.4, 0.5) is 0 Å². The van der Waals surface area contributed by atoms with Crippen molar-refractivity contribution in [3.05, 3.63) is 35.9 Å². The summed E-state index contributed by atoms with van der Waals surface area (Å²) < 4.78 is 23.0. The first-order valence-electron chi connectivity index (χ1n) is 8.31. The highest BCUT2D eigenvalue weighted by molar-refractivity contribution is 8.02. The molecule has 4 nitrogen and oxygen atoms in total. The average molecular weight is 370 g/mol. The van der Waals surface area contributed by atoms with Crippen LogP contribution in [0, 0.1) is 5.41 Å². The van der Waals surface area contributed by atoms with Gasteiger partial charge in [0, 0.05) is 5.25 Å². The minimum absolute atomic E-state index is 0.0217. The molecule has 0 bridgehead atoms. The zero-order chi connectivity index (χ0) is 17.8. The minimum Gasteiger partial charge on any atom is -0.349 e. The van der Waals surface area contributed by atoms with Crippen LogP contribution >= 0.6 is 11.8 Å². The molecule has 1 aliphatic rings. The van der Waals surface area contributed by atoms with Crippen molar-refractivity contribution in [1.82, 2.24) is 5.32 Å². The fraction of sp³-hybridized carbons (Fsp3) is 0.611. The molecule has 1 aromatic rings. The lowest BCUT2D eigenvalue weighted by molar-refractivity contribution is -0.119. The Morgan fingerprint density at radius 3 is 2.50 bits per heavy atom. The molecule has 1 saturated heterocycles. The normalized spacial score (nSPS) is 21.4. The van der Waals surface area contributed by atoms with Gasteiger partial charge in [0.15, 0.2) is 9.84 Å². The van der Waals surface area contributed by atoms with E-state index in [9.17, 15) is 13.2 Å². The maximum atomic E-state index is 12.3. The summed E-state index contributed by atoms with van der Waals surface area (Å²) in [6, 6.07) is 9.98. The molecular weight excluding hydrogens is 342 g/mol. The molecule has 0 spiro atoms. The van der Waals surface area contributed by atoms with E-state index >= 15 is 0 Å². The molecule has 1 aliphatic heterocycles. The summed E-state index contributed by atoms with van der Waals surface area (Å²) >= 11 is 1.46. The fourth-order valence-electron chi connectivity index (χ4n) is 2.87. The second-order valence-corrected chi connectivity index (χ2v) is 11.1. The molecule has 1 amide bonds. The maximum absolute atomic E-state index is 12.3. The topological polar surface area (TPSA) is 63.2 Å². The molecule has 0 aromatic heterocycles. The Labute approximate surface area is 149 Å². The number of thioether (sulfide) groups is 1. The van der Waals surface area contributed by atoms with Crippen molar-refractivity contribution in [2.24, 2.45) is 5.41 Å². The molecule has 1 fully saturated rings. The Bertz CT molecular complexity index is 651. The quantitative estimate of drug-likeness (QED) is 0.836. The zero-order valence-electron chi connectivity index (χ0n) is 14.6. The molecule has 1 aromatic carbocycles. The van der Waals surface area contributed by atoms with Crippen molar-refractivity contribution in [3.63, 3.8) is 0 Å². The molecule has 2 rings (SSSR count). The number of nitrogens with one attached hydrogen (secondary N) is 1. The van der Waals surface area contributed by atoms with Crippen LogP contribution in [0.2, 0.25) is 0 Å². The summed E-state index contributed by atoms with van der Waals surface area (Å²) in [5.74, 6) is 0.744. The van der Waals surface area contributed by atoms with Gasteiger partial charge in [0.05, 0.1) is 23.3 Å². The third-order valence-corrected chi connectivity index (χ3v) is 7.28. The summed E-state index contributed by atoms with van der Waals surface area (Å²) in [4.78, 5) is 12.3. The minimum atomic E-state index is -2.89. The van der Waals surface area contributed by atoms with Crippen LogP contribution in [0.1, 0.15) is 45.2 Å². The number of amides is 1. The van der Waals surface area contributed by atoms with Crippen LogP contribution in [-0.2, 0) is 14.6 Å². The van der Waals surface area contributed by atoms with Gasteiger partial charge in [-0.15, -0.1) is 11.8 Å². The van der Waals surface area contributed by atoms with Gasteiger partial charge in [-0.05, 0) is 23.8 Å². The van der Waals surface area contributed by atoms with Gasteiger partial charge in [0.1, 0.15) is 0 Å². The van der Waals surface area contributed by atoms with Crippen LogP contribution in [0.15, 0.2) is 30.3 Å². The summed E-state index contributed by atoms with van der Waals surface area (Å²) in [5, 5.41) is 3.18. The van der Waals surface area contributed by atoms with Crippen LogP contribution in [0.3, 0.4) is 0 Å². The number of benzene rings is 1. The van der Waals surface area contributed by atoms with Crippen LogP contribution in [0.25, 0.3) is 0 Å². The average Bonchev–Trinajstić information content (AvgIpc) is 2.83. The summed E-state index contributed by atoms with van der Waals surface area (Å²) in [6.45, 7) is 6.48. The number of sulfone groups is 1. The van der Waals surface area contributed by atoms with E-state index in [2.05, 4.69) is 26.1 Å². The Hall–Kier alpha value is -1.01. The molecular formula is C18H27NO3S2. The predicted octanol–water partition coefficient (Wildman–Crippen LogP) is 3.20. The summed E-state index contributed by atoms with van der Waals surface area (Å²) in [5.41, 5.74) is 1.20. The van der Waals surface area contributed by atoms with E-state index < -0.39 is 9.84 Å². The van der Waals surface area contributed by atoms with E-state index in [1.54, 1.807) is 0 Å². The Balaban J connectivity index is 1.92. The Morgan fingerprint density at radius 2 is 1.96 bits per heavy atom. The molecule has 6 heteroatoms. The van der Waals surface area contributed by atoms with Crippen molar-refractivity contribution in [3.8, 4) is 0 Å². The van der Waals surface area contributed by atoms with Crippen LogP contribution < -0.4 is 5.32 Å². The zero-order valence-corrected chi connectivity index (χ0v) is 16.3. The molecule has 134 valence electrons. The Morgan fingerprint density at radius 1 is 1.29 bits per heavy atom. The van der Waals surface area contributed by atoms with Gasteiger partial charge in [0.2, 0.25) is 5.91 Å². The highest BCUT2D eigenvalue weighted by Crippen LogP contribution is 2.30. The van der Waals surface area contributed by atoms with Crippen LogP contribution in [0.5, 0.6) is 0 Å². The number of rotatable bonds is 6. The first-order chi connectivity index (χ1) is 11.1. The molecule has 2 unspecified atom stereocenters. The van der Waals surface area contributed by atoms with Crippen molar-refractivity contribution in [2.45, 2.75) is 44.9 Å². The van der Waals surface area contributed by atoms with Gasteiger partial charge >= 0.3 is 0 Å². The van der Waals surface area contributed by atoms with Crippen LogP contribution in [-0.4, -0.2) is 36.8 Å². The van der Waals surface area contributed by atoms with E-state index in [0.717, 1.165) is 12.0 Å². The molecule has 24 heavy (non-hydrogen) atoms. The van der Waals surface area contributed by atoms with E-state index in [-0.39, 0.29) is 34.1 Å². The molecule has 0 aliphatic carbocycles. The summed E-state index contributed by atoms with van der Waals surface area (Å²) in [7, 11) is -2.89. The molecule has 0 radical (unpaired) electrons. The standard InChI is InChI=1S/C18H27NO3S2/c1-18(2,3)11-16(14-7-5-4-6-8-14)19-17(20)12-23-15-9-10-24(21,22)13-15/h4-8,15-16H,9-13H2,1-3H3,(H,19,20). The molecule has 2 atom stereocenters. The van der Waals surface area contributed by atoms with E-state index in [1.807, 2.05) is 30.3 Å². The number of carbonyl (C=O) groups excluding carboxylic acids is 1. The predicted molar refractivity (Wildman–Crippen MR) is 101 cm³/mol. The smallest absolute Gasteiger partial charge is 0.230 e. The van der Waals surface area contributed by atoms with Gasteiger partial charge in [-0.25, -0.2) is 8.42 Å². The second kappa shape index (κ2) is 7.91. The Kier molecular flexibility index (Phi) is 6.37. The number of carbonyl (C=O) groups is 1. The van der Waals surface area contributed by atoms with Gasteiger partial charge in [0.25, 0.3) is 0 Å². The summed E-state index contributed by atoms with van der Waals surface area (Å²) in [6.07, 6.45) is 1.51. The number of hydrogen-bond donors (Lipinski definition) is 1. The molecule has 1 N–H and O–H groups in total.